The molecule has 3 rings (SSSR count). The smallest absolute Gasteiger partial charge is 0.271 e. The second kappa shape index (κ2) is 9.61. The van der Waals surface area contributed by atoms with Crippen LogP contribution in [0.1, 0.15) is 21.5 Å². The van der Waals surface area contributed by atoms with Gasteiger partial charge in [-0.2, -0.15) is 5.10 Å². The summed E-state index contributed by atoms with van der Waals surface area (Å²) in [5.41, 5.74) is 4.27. The highest BCUT2D eigenvalue weighted by molar-refractivity contribution is 6.30. The minimum Gasteiger partial charge on any atom is -0.504 e. The van der Waals surface area contributed by atoms with Gasteiger partial charge in [0.1, 0.15) is 12.4 Å². The largest absolute Gasteiger partial charge is 0.504 e. The highest BCUT2D eigenvalue weighted by Crippen LogP contribution is 2.27. The Morgan fingerprint density at radius 1 is 1.10 bits per heavy atom. The van der Waals surface area contributed by atoms with Crippen LogP contribution in [0.3, 0.4) is 0 Å². The number of aromatic hydroxyl groups is 1. The summed E-state index contributed by atoms with van der Waals surface area (Å²) in [4.78, 5) is 12.2. The van der Waals surface area contributed by atoms with Gasteiger partial charge in [0.05, 0.1) is 13.3 Å². The van der Waals surface area contributed by atoms with Crippen LogP contribution >= 0.6 is 11.6 Å². The molecule has 29 heavy (non-hydrogen) atoms. The summed E-state index contributed by atoms with van der Waals surface area (Å²) in [6, 6.07) is 19.1. The van der Waals surface area contributed by atoms with Crippen LogP contribution in [0.5, 0.6) is 17.2 Å². The second-order valence-electron chi connectivity index (χ2n) is 6.04. The van der Waals surface area contributed by atoms with Crippen molar-refractivity contribution in [3.05, 3.63) is 88.4 Å². The van der Waals surface area contributed by atoms with E-state index in [9.17, 15) is 9.90 Å². The Morgan fingerprint density at radius 3 is 2.52 bits per heavy atom. The van der Waals surface area contributed by atoms with Crippen molar-refractivity contribution in [1.82, 2.24) is 5.43 Å². The Morgan fingerprint density at radius 2 is 1.83 bits per heavy atom. The van der Waals surface area contributed by atoms with E-state index in [0.717, 1.165) is 5.56 Å². The van der Waals surface area contributed by atoms with Gasteiger partial charge in [0.25, 0.3) is 5.91 Å². The fraction of sp³-hybridized carbons (Fsp3) is 0.0909. The van der Waals surface area contributed by atoms with Gasteiger partial charge in [0.2, 0.25) is 0 Å². The van der Waals surface area contributed by atoms with Crippen molar-refractivity contribution in [1.29, 1.82) is 0 Å². The predicted octanol–water partition coefficient (Wildman–Crippen LogP) is 4.40. The van der Waals surface area contributed by atoms with Crippen molar-refractivity contribution in [2.45, 2.75) is 6.61 Å². The molecular weight excluding hydrogens is 392 g/mol. The number of para-hydroxylation sites is 1. The molecule has 0 aliphatic rings. The highest BCUT2D eigenvalue weighted by atomic mass is 35.5. The third kappa shape index (κ3) is 5.49. The van der Waals surface area contributed by atoms with E-state index >= 15 is 0 Å². The molecule has 0 aromatic heterocycles. The molecular formula is C22H19ClN2O4. The minimum absolute atomic E-state index is 0.0461. The number of amides is 1. The number of ether oxygens (including phenoxy) is 2. The molecule has 0 bridgehead atoms. The number of hydrazone groups is 1. The maximum absolute atomic E-state index is 12.2. The summed E-state index contributed by atoms with van der Waals surface area (Å²) in [6.45, 7) is 0.400. The molecule has 0 atom stereocenters. The first-order chi connectivity index (χ1) is 14.1. The number of halogens is 1. The van der Waals surface area contributed by atoms with Crippen LogP contribution in [-0.4, -0.2) is 24.3 Å². The number of methoxy groups -OCH3 is 1. The molecule has 0 spiro atoms. The quantitative estimate of drug-likeness (QED) is 0.447. The molecule has 0 radical (unpaired) electrons. The van der Waals surface area contributed by atoms with Gasteiger partial charge in [-0.05, 0) is 54.1 Å². The summed E-state index contributed by atoms with van der Waals surface area (Å²) >= 11 is 5.86. The maximum atomic E-state index is 12.2. The molecule has 3 aromatic rings. The lowest BCUT2D eigenvalue weighted by atomic mass is 10.2. The van der Waals surface area contributed by atoms with Gasteiger partial charge in [0, 0.05) is 16.1 Å². The van der Waals surface area contributed by atoms with Gasteiger partial charge in [0.15, 0.2) is 11.5 Å². The summed E-state index contributed by atoms with van der Waals surface area (Å²) in [5.74, 6) is 0.541. The lowest BCUT2D eigenvalue weighted by Crippen LogP contribution is -2.17. The molecule has 0 saturated heterocycles. The van der Waals surface area contributed by atoms with E-state index in [1.54, 1.807) is 54.6 Å². The van der Waals surface area contributed by atoms with Crippen LogP contribution < -0.4 is 14.9 Å². The molecule has 1 amide bonds. The number of hydrogen-bond acceptors (Lipinski definition) is 5. The topological polar surface area (TPSA) is 80.2 Å². The Balaban J connectivity index is 1.55. The lowest BCUT2D eigenvalue weighted by Gasteiger charge is -2.07. The molecule has 3 aromatic carbocycles. The molecule has 0 aliphatic carbocycles. The van der Waals surface area contributed by atoms with Crippen molar-refractivity contribution in [2.75, 3.05) is 7.11 Å². The number of carbonyl (C=O) groups is 1. The van der Waals surface area contributed by atoms with Gasteiger partial charge in [-0.1, -0.05) is 29.8 Å². The Labute approximate surface area is 173 Å². The number of nitrogens with one attached hydrogen (secondary N) is 1. The molecule has 7 heteroatoms. The monoisotopic (exact) mass is 410 g/mol. The molecule has 0 unspecified atom stereocenters. The highest BCUT2D eigenvalue weighted by Gasteiger charge is 2.07. The van der Waals surface area contributed by atoms with Crippen LogP contribution in [0, 0.1) is 0 Å². The standard InChI is InChI=1S/C22H19ClN2O4/c1-28-20-4-2-3-17(21(20)26)13-24-25-22(27)16-7-11-19(12-8-16)29-14-15-5-9-18(23)10-6-15/h2-13,26H,14H2,1H3,(H,25,27)/b24-13+. The van der Waals surface area contributed by atoms with Crippen LogP contribution in [0.25, 0.3) is 0 Å². The fourth-order valence-electron chi connectivity index (χ4n) is 2.48. The van der Waals surface area contributed by atoms with Gasteiger partial charge in [-0.25, -0.2) is 5.43 Å². The number of hydrogen-bond donors (Lipinski definition) is 2. The Bertz CT molecular complexity index is 1000. The third-order valence-corrected chi connectivity index (χ3v) is 4.31. The van der Waals surface area contributed by atoms with E-state index in [1.807, 2.05) is 12.1 Å². The van der Waals surface area contributed by atoms with Crippen LogP contribution in [0.2, 0.25) is 5.02 Å². The fourth-order valence-corrected chi connectivity index (χ4v) is 2.61. The summed E-state index contributed by atoms with van der Waals surface area (Å²) in [6.07, 6.45) is 1.35. The van der Waals surface area contributed by atoms with Crippen molar-refractivity contribution in [3.8, 4) is 17.2 Å². The molecule has 0 fully saturated rings. The SMILES string of the molecule is COc1cccc(/C=N/NC(=O)c2ccc(OCc3ccc(Cl)cc3)cc2)c1O. The molecule has 0 heterocycles. The number of nitrogens with zero attached hydrogens (tertiary/aromatic N) is 1. The zero-order chi connectivity index (χ0) is 20.6. The first-order valence-corrected chi connectivity index (χ1v) is 9.11. The molecule has 2 N–H and O–H groups in total. The predicted molar refractivity (Wildman–Crippen MR) is 112 cm³/mol. The molecule has 0 saturated carbocycles. The lowest BCUT2D eigenvalue weighted by molar-refractivity contribution is 0.0955. The van der Waals surface area contributed by atoms with E-state index in [2.05, 4.69) is 10.5 Å². The average Bonchev–Trinajstić information content (AvgIpc) is 2.75. The summed E-state index contributed by atoms with van der Waals surface area (Å²) in [7, 11) is 1.46. The first-order valence-electron chi connectivity index (χ1n) is 8.73. The van der Waals surface area contributed by atoms with Gasteiger partial charge in [-0.15, -0.1) is 0 Å². The number of phenols is 1. The van der Waals surface area contributed by atoms with E-state index < -0.39 is 0 Å². The van der Waals surface area contributed by atoms with Crippen molar-refractivity contribution >= 4 is 23.7 Å². The minimum atomic E-state index is -0.382. The summed E-state index contributed by atoms with van der Waals surface area (Å²) < 4.78 is 10.7. The van der Waals surface area contributed by atoms with Crippen LogP contribution in [0.15, 0.2) is 71.8 Å². The first kappa shape index (κ1) is 20.2. The van der Waals surface area contributed by atoms with Crippen LogP contribution in [0.4, 0.5) is 0 Å². The van der Waals surface area contributed by atoms with Crippen molar-refractivity contribution in [3.63, 3.8) is 0 Å². The number of benzene rings is 3. The molecule has 148 valence electrons. The number of carbonyl (C=O) groups excluding carboxylic acids is 1. The van der Waals surface area contributed by atoms with Gasteiger partial charge >= 0.3 is 0 Å². The molecule has 0 aliphatic heterocycles. The van der Waals surface area contributed by atoms with E-state index in [1.165, 1.54) is 13.3 Å². The van der Waals surface area contributed by atoms with E-state index in [4.69, 9.17) is 21.1 Å². The Kier molecular flexibility index (Phi) is 6.71. The van der Waals surface area contributed by atoms with E-state index in [-0.39, 0.29) is 11.7 Å². The zero-order valence-corrected chi connectivity index (χ0v) is 16.4. The zero-order valence-electron chi connectivity index (χ0n) is 15.6. The van der Waals surface area contributed by atoms with Crippen molar-refractivity contribution < 1.29 is 19.4 Å². The summed E-state index contributed by atoms with van der Waals surface area (Å²) in [5, 5.41) is 14.6. The second-order valence-corrected chi connectivity index (χ2v) is 6.47. The Hall–Kier alpha value is -3.51. The number of phenolic OH excluding ortho intramolecular Hbond substituents is 1. The average molecular weight is 411 g/mol. The van der Waals surface area contributed by atoms with Gasteiger partial charge in [-0.3, -0.25) is 4.79 Å². The van der Waals surface area contributed by atoms with Crippen molar-refractivity contribution in [2.24, 2.45) is 5.10 Å². The third-order valence-electron chi connectivity index (χ3n) is 4.06. The van der Waals surface area contributed by atoms with E-state index in [0.29, 0.717) is 34.3 Å². The number of rotatable bonds is 7. The maximum Gasteiger partial charge on any atom is 0.271 e. The van der Waals surface area contributed by atoms with Gasteiger partial charge < -0.3 is 14.6 Å². The van der Waals surface area contributed by atoms with Crippen LogP contribution in [-0.2, 0) is 6.61 Å². The normalized spacial score (nSPS) is 10.7. The molecule has 6 nitrogen and oxygen atoms in total.